The Labute approximate surface area is 121 Å². The molecule has 98 valence electrons. The van der Waals surface area contributed by atoms with Crippen LogP contribution in [0.4, 0.5) is 0 Å². The molecule has 2 rings (SSSR count). The van der Waals surface area contributed by atoms with E-state index in [1.165, 1.54) is 0 Å². The van der Waals surface area contributed by atoms with Crippen LogP contribution in [0.15, 0.2) is 24.3 Å². The molecule has 1 aromatic rings. The van der Waals surface area contributed by atoms with E-state index in [4.69, 9.17) is 4.74 Å². The molecule has 4 nitrogen and oxygen atoms in total. The number of rotatable bonds is 4. The van der Waals surface area contributed by atoms with Gasteiger partial charge in [0.2, 0.25) is 0 Å². The standard InChI is InChI=1S/C13H17IN2O2/c14-12-3-1-11(2-4-12)13(17)15-5-6-16-7-9-18-10-8-16/h1-4H,5-10H2,(H,15,17). The Morgan fingerprint density at radius 3 is 2.61 bits per heavy atom. The number of ether oxygens (including phenoxy) is 1. The Bertz CT molecular complexity index is 388. The highest BCUT2D eigenvalue weighted by Crippen LogP contribution is 2.06. The van der Waals surface area contributed by atoms with E-state index in [-0.39, 0.29) is 5.91 Å². The van der Waals surface area contributed by atoms with Crippen LogP contribution in [0.2, 0.25) is 0 Å². The highest BCUT2D eigenvalue weighted by Gasteiger charge is 2.10. The van der Waals surface area contributed by atoms with E-state index >= 15 is 0 Å². The lowest BCUT2D eigenvalue weighted by atomic mass is 10.2. The third kappa shape index (κ3) is 4.22. The Morgan fingerprint density at radius 1 is 1.28 bits per heavy atom. The molecule has 1 amide bonds. The van der Waals surface area contributed by atoms with Crippen molar-refractivity contribution in [1.82, 2.24) is 10.2 Å². The largest absolute Gasteiger partial charge is 0.379 e. The molecule has 1 aliphatic rings. The van der Waals surface area contributed by atoms with Gasteiger partial charge in [-0.3, -0.25) is 9.69 Å². The lowest BCUT2D eigenvalue weighted by molar-refractivity contribution is 0.0383. The minimum Gasteiger partial charge on any atom is -0.379 e. The van der Waals surface area contributed by atoms with Gasteiger partial charge < -0.3 is 10.1 Å². The van der Waals surface area contributed by atoms with E-state index in [2.05, 4.69) is 32.8 Å². The molecule has 1 heterocycles. The second-order valence-corrected chi connectivity index (χ2v) is 5.46. The van der Waals surface area contributed by atoms with Gasteiger partial charge in [0, 0.05) is 35.3 Å². The molecular formula is C13H17IN2O2. The number of carbonyl (C=O) groups excluding carboxylic acids is 1. The molecule has 0 bridgehead atoms. The molecule has 1 N–H and O–H groups in total. The Balaban J connectivity index is 1.72. The predicted octanol–water partition coefficient (Wildman–Crippen LogP) is 1.35. The highest BCUT2D eigenvalue weighted by molar-refractivity contribution is 14.1. The van der Waals surface area contributed by atoms with Gasteiger partial charge in [-0.25, -0.2) is 0 Å². The summed E-state index contributed by atoms with van der Waals surface area (Å²) in [6, 6.07) is 7.59. The molecule has 18 heavy (non-hydrogen) atoms. The van der Waals surface area contributed by atoms with E-state index < -0.39 is 0 Å². The Morgan fingerprint density at radius 2 is 1.94 bits per heavy atom. The second-order valence-electron chi connectivity index (χ2n) is 4.22. The van der Waals surface area contributed by atoms with Crippen LogP contribution in [0, 0.1) is 3.57 Å². The van der Waals surface area contributed by atoms with Crippen LogP contribution in [-0.2, 0) is 4.74 Å². The van der Waals surface area contributed by atoms with Gasteiger partial charge in [0.1, 0.15) is 0 Å². The number of benzene rings is 1. The van der Waals surface area contributed by atoms with Gasteiger partial charge in [-0.05, 0) is 46.9 Å². The summed E-state index contributed by atoms with van der Waals surface area (Å²) in [5.74, 6) is -0.000315. The molecule has 0 aliphatic carbocycles. The van der Waals surface area contributed by atoms with E-state index in [0.29, 0.717) is 6.54 Å². The van der Waals surface area contributed by atoms with E-state index in [1.807, 2.05) is 24.3 Å². The summed E-state index contributed by atoms with van der Waals surface area (Å²) in [6.45, 7) is 5.08. The summed E-state index contributed by atoms with van der Waals surface area (Å²) < 4.78 is 6.41. The lowest BCUT2D eigenvalue weighted by Gasteiger charge is -2.26. The summed E-state index contributed by atoms with van der Waals surface area (Å²) >= 11 is 2.23. The van der Waals surface area contributed by atoms with Crippen molar-refractivity contribution >= 4 is 28.5 Å². The van der Waals surface area contributed by atoms with Crippen molar-refractivity contribution in [3.63, 3.8) is 0 Å². The van der Waals surface area contributed by atoms with Gasteiger partial charge in [-0.1, -0.05) is 0 Å². The van der Waals surface area contributed by atoms with Gasteiger partial charge in [0.05, 0.1) is 13.2 Å². The number of hydrogen-bond acceptors (Lipinski definition) is 3. The van der Waals surface area contributed by atoms with Gasteiger partial charge in [0.25, 0.3) is 5.91 Å². The highest BCUT2D eigenvalue weighted by atomic mass is 127. The summed E-state index contributed by atoms with van der Waals surface area (Å²) in [4.78, 5) is 14.1. The van der Waals surface area contributed by atoms with E-state index in [1.54, 1.807) is 0 Å². The number of nitrogens with zero attached hydrogens (tertiary/aromatic N) is 1. The van der Waals surface area contributed by atoms with Crippen molar-refractivity contribution in [3.8, 4) is 0 Å². The molecule has 0 aromatic heterocycles. The zero-order valence-corrected chi connectivity index (χ0v) is 12.4. The van der Waals surface area contributed by atoms with Crippen molar-refractivity contribution in [2.45, 2.75) is 0 Å². The minimum atomic E-state index is -0.000315. The zero-order valence-electron chi connectivity index (χ0n) is 10.2. The number of amides is 1. The summed E-state index contributed by atoms with van der Waals surface area (Å²) in [7, 11) is 0. The molecule has 0 atom stereocenters. The van der Waals surface area contributed by atoms with Crippen molar-refractivity contribution < 1.29 is 9.53 Å². The number of morpholine rings is 1. The Kier molecular flexibility index (Phi) is 5.40. The molecule has 1 aromatic carbocycles. The van der Waals surface area contributed by atoms with Crippen LogP contribution >= 0.6 is 22.6 Å². The first kappa shape index (κ1) is 13.8. The van der Waals surface area contributed by atoms with Crippen LogP contribution in [0.1, 0.15) is 10.4 Å². The minimum absolute atomic E-state index is 0.000315. The van der Waals surface area contributed by atoms with Gasteiger partial charge >= 0.3 is 0 Å². The number of hydrogen-bond donors (Lipinski definition) is 1. The summed E-state index contributed by atoms with van der Waals surface area (Å²) in [5, 5.41) is 2.94. The Hall–Kier alpha value is -0.660. The first-order valence-corrected chi connectivity index (χ1v) is 7.17. The fourth-order valence-corrected chi connectivity index (χ4v) is 2.22. The monoisotopic (exact) mass is 360 g/mol. The van der Waals surface area contributed by atoms with Gasteiger partial charge in [-0.2, -0.15) is 0 Å². The number of nitrogens with one attached hydrogen (secondary N) is 1. The van der Waals surface area contributed by atoms with Crippen molar-refractivity contribution in [3.05, 3.63) is 33.4 Å². The van der Waals surface area contributed by atoms with Gasteiger partial charge in [0.15, 0.2) is 0 Å². The fourth-order valence-electron chi connectivity index (χ4n) is 1.86. The normalized spacial score (nSPS) is 16.5. The average Bonchev–Trinajstić information content (AvgIpc) is 2.40. The van der Waals surface area contributed by atoms with Crippen LogP contribution in [0.25, 0.3) is 0 Å². The smallest absolute Gasteiger partial charge is 0.251 e. The van der Waals surface area contributed by atoms with Crippen LogP contribution in [0.3, 0.4) is 0 Å². The first-order chi connectivity index (χ1) is 8.75. The van der Waals surface area contributed by atoms with Crippen LogP contribution < -0.4 is 5.32 Å². The van der Waals surface area contributed by atoms with Crippen molar-refractivity contribution in [2.24, 2.45) is 0 Å². The van der Waals surface area contributed by atoms with Crippen molar-refractivity contribution in [2.75, 3.05) is 39.4 Å². The van der Waals surface area contributed by atoms with E-state index in [0.717, 1.165) is 42.0 Å². The summed E-state index contributed by atoms with van der Waals surface area (Å²) in [6.07, 6.45) is 0. The number of carbonyl (C=O) groups is 1. The van der Waals surface area contributed by atoms with Crippen LogP contribution in [-0.4, -0.2) is 50.2 Å². The SMILES string of the molecule is O=C(NCCN1CCOCC1)c1ccc(I)cc1. The second kappa shape index (κ2) is 7.06. The maximum atomic E-state index is 11.8. The van der Waals surface area contributed by atoms with E-state index in [9.17, 15) is 4.79 Å². The molecule has 1 saturated heterocycles. The maximum absolute atomic E-state index is 11.8. The third-order valence-corrected chi connectivity index (χ3v) is 3.64. The third-order valence-electron chi connectivity index (χ3n) is 2.92. The predicted molar refractivity (Wildman–Crippen MR) is 78.8 cm³/mol. The molecule has 0 spiro atoms. The summed E-state index contributed by atoms with van der Waals surface area (Å²) in [5.41, 5.74) is 0.720. The lowest BCUT2D eigenvalue weighted by Crippen LogP contribution is -2.41. The quantitative estimate of drug-likeness (QED) is 0.825. The molecule has 5 heteroatoms. The maximum Gasteiger partial charge on any atom is 0.251 e. The topological polar surface area (TPSA) is 41.6 Å². The average molecular weight is 360 g/mol. The molecule has 0 unspecified atom stereocenters. The molecule has 0 radical (unpaired) electrons. The first-order valence-electron chi connectivity index (χ1n) is 6.09. The molecule has 1 aliphatic heterocycles. The molecular weight excluding hydrogens is 343 g/mol. The fraction of sp³-hybridized carbons (Fsp3) is 0.462. The molecule has 1 fully saturated rings. The number of halogens is 1. The van der Waals surface area contributed by atoms with Gasteiger partial charge in [-0.15, -0.1) is 0 Å². The van der Waals surface area contributed by atoms with Crippen molar-refractivity contribution in [1.29, 1.82) is 0 Å². The zero-order chi connectivity index (χ0) is 12.8. The molecule has 0 saturated carbocycles. The van der Waals surface area contributed by atoms with Crippen LogP contribution in [0.5, 0.6) is 0 Å².